The van der Waals surface area contributed by atoms with Gasteiger partial charge in [0, 0.05) is 6.04 Å². The van der Waals surface area contributed by atoms with Gasteiger partial charge in [-0.15, -0.1) is 0 Å². The summed E-state index contributed by atoms with van der Waals surface area (Å²) >= 11 is 0. The van der Waals surface area contributed by atoms with Gasteiger partial charge >= 0.3 is 5.97 Å². The molecular formula is C16H20N2O2. The number of likely N-dealkylation sites (tertiary alicyclic amines) is 1. The van der Waals surface area contributed by atoms with Gasteiger partial charge in [0.05, 0.1) is 19.6 Å². The van der Waals surface area contributed by atoms with Gasteiger partial charge in [-0.05, 0) is 24.9 Å². The highest BCUT2D eigenvalue weighted by Gasteiger charge is 2.34. The number of carbonyl (C=O) groups excluding carboxylic acids is 1. The van der Waals surface area contributed by atoms with E-state index >= 15 is 0 Å². The fraction of sp³-hybridized carbons (Fsp3) is 0.500. The Morgan fingerprint density at radius 2 is 2.20 bits per heavy atom. The Hall–Kier alpha value is -1.86. The van der Waals surface area contributed by atoms with Gasteiger partial charge in [-0.25, -0.2) is 0 Å². The molecule has 0 amide bonds. The van der Waals surface area contributed by atoms with Crippen LogP contribution in [0.4, 0.5) is 0 Å². The topological polar surface area (TPSA) is 53.3 Å². The smallest absolute Gasteiger partial charge is 0.323 e. The first-order chi connectivity index (χ1) is 9.77. The van der Waals surface area contributed by atoms with Crippen molar-refractivity contribution in [1.29, 1.82) is 5.26 Å². The summed E-state index contributed by atoms with van der Waals surface area (Å²) in [6.07, 6.45) is 3.28. The molecule has 1 aromatic carbocycles. The van der Waals surface area contributed by atoms with E-state index in [-0.39, 0.29) is 18.1 Å². The molecule has 0 radical (unpaired) electrons. The largest absolute Gasteiger partial charge is 0.468 e. The van der Waals surface area contributed by atoms with Gasteiger partial charge in [-0.2, -0.15) is 5.26 Å². The molecule has 2 unspecified atom stereocenters. The maximum absolute atomic E-state index is 12.0. The van der Waals surface area contributed by atoms with Crippen LogP contribution in [-0.4, -0.2) is 30.6 Å². The first-order valence-electron chi connectivity index (χ1n) is 7.03. The van der Waals surface area contributed by atoms with E-state index in [4.69, 9.17) is 10.00 Å². The van der Waals surface area contributed by atoms with Crippen molar-refractivity contribution in [3.05, 3.63) is 35.9 Å². The number of esters is 1. The normalized spacial score (nSPS) is 20.9. The van der Waals surface area contributed by atoms with Crippen LogP contribution in [0.3, 0.4) is 0 Å². The lowest BCUT2D eigenvalue weighted by Gasteiger charge is -2.39. The van der Waals surface area contributed by atoms with Crippen molar-refractivity contribution in [2.75, 3.05) is 13.7 Å². The molecule has 1 aliphatic heterocycles. The molecule has 2 atom stereocenters. The van der Waals surface area contributed by atoms with Gasteiger partial charge < -0.3 is 4.74 Å². The van der Waals surface area contributed by atoms with E-state index in [2.05, 4.69) is 11.0 Å². The van der Waals surface area contributed by atoms with Crippen LogP contribution in [-0.2, 0) is 9.53 Å². The number of ether oxygens (including phenoxy) is 1. The zero-order valence-corrected chi connectivity index (χ0v) is 11.8. The summed E-state index contributed by atoms with van der Waals surface area (Å²) in [5.41, 5.74) is 1.09. The van der Waals surface area contributed by atoms with Crippen LogP contribution in [0, 0.1) is 11.3 Å². The van der Waals surface area contributed by atoms with Crippen molar-refractivity contribution in [1.82, 2.24) is 4.90 Å². The number of piperidine rings is 1. The lowest BCUT2D eigenvalue weighted by molar-refractivity contribution is -0.149. The number of rotatable bonds is 4. The molecule has 0 aliphatic carbocycles. The van der Waals surface area contributed by atoms with E-state index in [1.807, 2.05) is 30.3 Å². The Kier molecular flexibility index (Phi) is 5.14. The number of methoxy groups -OCH3 is 1. The third-order valence-electron chi connectivity index (χ3n) is 3.89. The minimum atomic E-state index is -0.229. The molecule has 1 aromatic rings. The fourth-order valence-electron chi connectivity index (χ4n) is 2.90. The van der Waals surface area contributed by atoms with Gasteiger partial charge in [-0.1, -0.05) is 36.8 Å². The van der Waals surface area contributed by atoms with Crippen LogP contribution >= 0.6 is 0 Å². The third kappa shape index (κ3) is 3.17. The summed E-state index contributed by atoms with van der Waals surface area (Å²) in [6, 6.07) is 11.9. The summed E-state index contributed by atoms with van der Waals surface area (Å²) in [6.45, 7) is 0.834. The summed E-state index contributed by atoms with van der Waals surface area (Å²) in [5.74, 6) is -0.191. The van der Waals surface area contributed by atoms with Crippen LogP contribution in [0.25, 0.3) is 0 Å². The van der Waals surface area contributed by atoms with Crippen LogP contribution in [0.2, 0.25) is 0 Å². The van der Waals surface area contributed by atoms with Crippen molar-refractivity contribution in [2.24, 2.45) is 0 Å². The maximum atomic E-state index is 12.0. The van der Waals surface area contributed by atoms with Crippen LogP contribution in [0.15, 0.2) is 30.3 Å². The van der Waals surface area contributed by atoms with Crippen molar-refractivity contribution < 1.29 is 9.53 Å². The zero-order valence-electron chi connectivity index (χ0n) is 11.8. The highest BCUT2D eigenvalue weighted by molar-refractivity contribution is 5.75. The Bertz CT molecular complexity index is 481. The van der Waals surface area contributed by atoms with E-state index in [0.29, 0.717) is 6.42 Å². The predicted molar refractivity (Wildman–Crippen MR) is 75.8 cm³/mol. The molecule has 0 saturated carbocycles. The van der Waals surface area contributed by atoms with E-state index in [1.165, 1.54) is 7.11 Å². The van der Waals surface area contributed by atoms with Gasteiger partial charge in [0.1, 0.15) is 6.04 Å². The van der Waals surface area contributed by atoms with Gasteiger partial charge in [-0.3, -0.25) is 9.69 Å². The number of carbonyl (C=O) groups is 1. The number of nitrogens with zero attached hydrogens (tertiary/aromatic N) is 2. The molecule has 1 saturated heterocycles. The Morgan fingerprint density at radius 1 is 1.45 bits per heavy atom. The molecular weight excluding hydrogens is 252 g/mol. The SMILES string of the molecule is COC(=O)C1CCCCN1C(CC#N)c1ccccc1. The Labute approximate surface area is 120 Å². The van der Waals surface area contributed by atoms with Crippen LogP contribution in [0.1, 0.15) is 37.3 Å². The quantitative estimate of drug-likeness (QED) is 0.791. The van der Waals surface area contributed by atoms with Crippen molar-refractivity contribution >= 4 is 5.97 Å². The van der Waals surface area contributed by atoms with Gasteiger partial charge in [0.15, 0.2) is 0 Å². The molecule has 106 valence electrons. The lowest BCUT2D eigenvalue weighted by Crippen LogP contribution is -2.47. The highest BCUT2D eigenvalue weighted by atomic mass is 16.5. The van der Waals surface area contributed by atoms with E-state index < -0.39 is 0 Å². The van der Waals surface area contributed by atoms with E-state index in [0.717, 1.165) is 31.4 Å². The Balaban J connectivity index is 2.27. The summed E-state index contributed by atoms with van der Waals surface area (Å²) in [7, 11) is 1.43. The third-order valence-corrected chi connectivity index (χ3v) is 3.89. The minimum Gasteiger partial charge on any atom is -0.468 e. The molecule has 1 heterocycles. The second-order valence-corrected chi connectivity index (χ2v) is 5.06. The summed E-state index contributed by atoms with van der Waals surface area (Å²) < 4.78 is 4.92. The minimum absolute atomic E-state index is 0.0365. The van der Waals surface area contributed by atoms with Gasteiger partial charge in [0.25, 0.3) is 0 Å². The predicted octanol–water partition coefficient (Wildman–Crippen LogP) is 2.67. The number of benzene rings is 1. The van der Waals surface area contributed by atoms with Crippen molar-refractivity contribution in [3.8, 4) is 6.07 Å². The first-order valence-corrected chi connectivity index (χ1v) is 7.03. The summed E-state index contributed by atoms with van der Waals surface area (Å²) in [4.78, 5) is 14.1. The first kappa shape index (κ1) is 14.5. The van der Waals surface area contributed by atoms with Crippen LogP contribution in [0.5, 0.6) is 0 Å². The number of hydrogen-bond donors (Lipinski definition) is 0. The molecule has 0 aromatic heterocycles. The molecule has 2 rings (SSSR count). The molecule has 0 spiro atoms. The molecule has 1 aliphatic rings. The average Bonchev–Trinajstić information content (AvgIpc) is 2.53. The second kappa shape index (κ2) is 7.06. The molecule has 0 N–H and O–H groups in total. The van der Waals surface area contributed by atoms with E-state index in [9.17, 15) is 4.79 Å². The molecule has 0 bridgehead atoms. The standard InChI is InChI=1S/C16H20N2O2/c1-20-16(19)15-9-5-6-12-18(15)14(10-11-17)13-7-3-2-4-8-13/h2-4,7-8,14-15H,5-6,9-10,12H2,1H3. The average molecular weight is 272 g/mol. The molecule has 1 fully saturated rings. The molecule has 4 heteroatoms. The molecule has 4 nitrogen and oxygen atoms in total. The highest BCUT2D eigenvalue weighted by Crippen LogP contribution is 2.31. The molecule has 20 heavy (non-hydrogen) atoms. The maximum Gasteiger partial charge on any atom is 0.323 e. The monoisotopic (exact) mass is 272 g/mol. The van der Waals surface area contributed by atoms with Crippen molar-refractivity contribution in [2.45, 2.75) is 37.8 Å². The number of hydrogen-bond acceptors (Lipinski definition) is 4. The van der Waals surface area contributed by atoms with Crippen LogP contribution < -0.4 is 0 Å². The van der Waals surface area contributed by atoms with E-state index in [1.54, 1.807) is 0 Å². The summed E-state index contributed by atoms with van der Waals surface area (Å²) in [5, 5.41) is 9.12. The lowest BCUT2D eigenvalue weighted by atomic mass is 9.95. The van der Waals surface area contributed by atoms with Crippen molar-refractivity contribution in [3.63, 3.8) is 0 Å². The number of nitriles is 1. The fourth-order valence-corrected chi connectivity index (χ4v) is 2.90. The Morgan fingerprint density at radius 3 is 2.85 bits per heavy atom. The zero-order chi connectivity index (χ0) is 14.4. The second-order valence-electron chi connectivity index (χ2n) is 5.06. The van der Waals surface area contributed by atoms with Gasteiger partial charge in [0.2, 0.25) is 0 Å².